The molecule has 0 bridgehead atoms. The summed E-state index contributed by atoms with van der Waals surface area (Å²) in [7, 11) is 0. The maximum absolute atomic E-state index is 14.0. The molecule has 3 rings (SSSR count). The highest BCUT2D eigenvalue weighted by Gasteiger charge is 2.22. The van der Waals surface area contributed by atoms with E-state index in [0.717, 1.165) is 49.5 Å². The Labute approximate surface area is 161 Å². The minimum atomic E-state index is -0.285. The minimum absolute atomic E-state index is 0.133. The molecule has 0 radical (unpaired) electrons. The molecule has 0 spiro atoms. The molecule has 5 heteroatoms. The number of carbonyl (C=O) groups is 1. The largest absolute Gasteiger partial charge is 0.369 e. The minimum Gasteiger partial charge on any atom is -0.369 e. The van der Waals surface area contributed by atoms with Crippen LogP contribution in [0.4, 0.5) is 10.1 Å². The fraction of sp³-hybridized carbons (Fsp3) is 0.409. The molecule has 1 aliphatic heterocycles. The van der Waals surface area contributed by atoms with E-state index < -0.39 is 0 Å². The Morgan fingerprint density at radius 3 is 2.52 bits per heavy atom. The number of halogens is 1. The average Bonchev–Trinajstić information content (AvgIpc) is 2.68. The third kappa shape index (κ3) is 4.48. The molecule has 1 unspecified atom stereocenters. The summed E-state index contributed by atoms with van der Waals surface area (Å²) in [6, 6.07) is 12.1. The maximum atomic E-state index is 14.0. The van der Waals surface area contributed by atoms with Crippen molar-refractivity contribution in [2.45, 2.75) is 26.8 Å². The number of carbonyl (C=O) groups excluding carboxylic acids is 1. The smallest absolute Gasteiger partial charge is 0.252 e. The topological polar surface area (TPSA) is 35.6 Å². The van der Waals surface area contributed by atoms with E-state index in [9.17, 15) is 9.18 Å². The summed E-state index contributed by atoms with van der Waals surface area (Å²) in [4.78, 5) is 17.4. The number of piperazine rings is 1. The van der Waals surface area contributed by atoms with Crippen LogP contribution in [0.25, 0.3) is 0 Å². The zero-order chi connectivity index (χ0) is 19.4. The van der Waals surface area contributed by atoms with Gasteiger partial charge in [-0.15, -0.1) is 0 Å². The van der Waals surface area contributed by atoms with E-state index in [2.05, 4.69) is 22.0 Å². The lowest BCUT2D eigenvalue weighted by atomic mass is 10.0. The maximum Gasteiger partial charge on any atom is 0.252 e. The molecule has 1 atom stereocenters. The number of aryl methyl sites for hydroxylation is 1. The Balaban J connectivity index is 1.80. The number of amides is 1. The molecule has 1 heterocycles. The lowest BCUT2D eigenvalue weighted by Gasteiger charge is -2.37. The van der Waals surface area contributed by atoms with Gasteiger partial charge in [0.25, 0.3) is 5.91 Å². The van der Waals surface area contributed by atoms with E-state index in [1.54, 1.807) is 6.07 Å². The second-order valence-corrected chi connectivity index (χ2v) is 7.13. The highest BCUT2D eigenvalue weighted by Crippen LogP contribution is 2.28. The zero-order valence-corrected chi connectivity index (χ0v) is 16.3. The SMILES string of the molecule is CCN1CCN(c2ccc(F)cc2C(C)NC(=O)c2ccccc2C)CC1. The number of likely N-dealkylation sites (N-methyl/N-ethyl adjacent to an activating group) is 1. The van der Waals surface area contributed by atoms with Gasteiger partial charge >= 0.3 is 0 Å². The van der Waals surface area contributed by atoms with E-state index in [4.69, 9.17) is 0 Å². The number of nitrogens with one attached hydrogen (secondary N) is 1. The van der Waals surface area contributed by atoms with Gasteiger partial charge in [0.05, 0.1) is 6.04 Å². The highest BCUT2D eigenvalue weighted by molar-refractivity contribution is 5.95. The third-order valence-corrected chi connectivity index (χ3v) is 5.35. The number of rotatable bonds is 5. The van der Waals surface area contributed by atoms with Crippen molar-refractivity contribution in [3.63, 3.8) is 0 Å². The molecule has 4 nitrogen and oxygen atoms in total. The quantitative estimate of drug-likeness (QED) is 0.872. The van der Waals surface area contributed by atoms with Gasteiger partial charge in [0, 0.05) is 43.0 Å². The van der Waals surface area contributed by atoms with E-state index >= 15 is 0 Å². The van der Waals surface area contributed by atoms with Gasteiger partial charge in [0.15, 0.2) is 0 Å². The summed E-state index contributed by atoms with van der Waals surface area (Å²) in [6.45, 7) is 10.9. The summed E-state index contributed by atoms with van der Waals surface area (Å²) in [5, 5.41) is 3.04. The lowest BCUT2D eigenvalue weighted by molar-refractivity contribution is 0.0939. The van der Waals surface area contributed by atoms with Crippen molar-refractivity contribution in [1.29, 1.82) is 0 Å². The Kier molecular flexibility index (Phi) is 6.11. The van der Waals surface area contributed by atoms with Crippen LogP contribution in [0, 0.1) is 12.7 Å². The summed E-state index contributed by atoms with van der Waals surface area (Å²) >= 11 is 0. The van der Waals surface area contributed by atoms with Crippen molar-refractivity contribution < 1.29 is 9.18 Å². The van der Waals surface area contributed by atoms with Crippen LogP contribution >= 0.6 is 0 Å². The van der Waals surface area contributed by atoms with Crippen LogP contribution in [-0.4, -0.2) is 43.5 Å². The van der Waals surface area contributed by atoms with Crippen molar-refractivity contribution in [2.75, 3.05) is 37.6 Å². The van der Waals surface area contributed by atoms with Gasteiger partial charge in [-0.2, -0.15) is 0 Å². The van der Waals surface area contributed by atoms with Crippen molar-refractivity contribution in [3.8, 4) is 0 Å². The average molecular weight is 369 g/mol. The summed E-state index contributed by atoms with van der Waals surface area (Å²) in [5.74, 6) is -0.412. The standard InChI is InChI=1S/C22H28FN3O/c1-4-25-11-13-26(14-12-25)21-10-9-18(23)15-20(21)17(3)24-22(27)19-8-6-5-7-16(19)2/h5-10,15,17H,4,11-14H2,1-3H3,(H,24,27). The second kappa shape index (κ2) is 8.53. The summed E-state index contributed by atoms with van der Waals surface area (Å²) in [5.41, 5.74) is 3.41. The monoisotopic (exact) mass is 369 g/mol. The van der Waals surface area contributed by atoms with Crippen molar-refractivity contribution in [2.24, 2.45) is 0 Å². The van der Waals surface area contributed by atoms with Crippen LogP contribution in [0.1, 0.15) is 41.4 Å². The molecule has 0 aromatic heterocycles. The lowest BCUT2D eigenvalue weighted by Crippen LogP contribution is -2.46. The first-order valence-corrected chi connectivity index (χ1v) is 9.63. The van der Waals surface area contributed by atoms with Crippen LogP contribution in [0.3, 0.4) is 0 Å². The Hall–Kier alpha value is -2.40. The van der Waals surface area contributed by atoms with Crippen molar-refractivity contribution in [3.05, 3.63) is 65.0 Å². The van der Waals surface area contributed by atoms with E-state index in [1.807, 2.05) is 44.2 Å². The Morgan fingerprint density at radius 1 is 1.15 bits per heavy atom. The molecular formula is C22H28FN3O. The normalized spacial score (nSPS) is 16.2. The van der Waals surface area contributed by atoms with Crippen LogP contribution in [0.15, 0.2) is 42.5 Å². The van der Waals surface area contributed by atoms with Gasteiger partial charge in [0.2, 0.25) is 0 Å². The summed E-state index contributed by atoms with van der Waals surface area (Å²) in [6.07, 6.45) is 0. The first-order valence-electron chi connectivity index (χ1n) is 9.63. The van der Waals surface area contributed by atoms with E-state index in [-0.39, 0.29) is 17.8 Å². The molecular weight excluding hydrogens is 341 g/mol. The predicted molar refractivity (Wildman–Crippen MR) is 108 cm³/mol. The van der Waals surface area contributed by atoms with Gasteiger partial charge in [-0.1, -0.05) is 25.1 Å². The number of anilines is 1. The molecule has 27 heavy (non-hydrogen) atoms. The van der Waals surface area contributed by atoms with Crippen LogP contribution < -0.4 is 10.2 Å². The van der Waals surface area contributed by atoms with Crippen LogP contribution in [0.2, 0.25) is 0 Å². The molecule has 1 fully saturated rings. The van der Waals surface area contributed by atoms with Crippen LogP contribution in [0.5, 0.6) is 0 Å². The van der Waals surface area contributed by atoms with Gasteiger partial charge in [-0.25, -0.2) is 4.39 Å². The predicted octanol–water partition coefficient (Wildman–Crippen LogP) is 3.77. The van der Waals surface area contributed by atoms with E-state index in [0.29, 0.717) is 5.56 Å². The van der Waals surface area contributed by atoms with Gasteiger partial charge in [-0.3, -0.25) is 4.79 Å². The van der Waals surface area contributed by atoms with Gasteiger partial charge in [-0.05, 0) is 50.2 Å². The zero-order valence-electron chi connectivity index (χ0n) is 16.3. The molecule has 1 N–H and O–H groups in total. The van der Waals surface area contributed by atoms with Crippen molar-refractivity contribution in [1.82, 2.24) is 10.2 Å². The highest BCUT2D eigenvalue weighted by atomic mass is 19.1. The molecule has 144 valence electrons. The van der Waals surface area contributed by atoms with Crippen LogP contribution in [-0.2, 0) is 0 Å². The first kappa shape index (κ1) is 19.4. The fourth-order valence-corrected chi connectivity index (χ4v) is 3.64. The molecule has 1 amide bonds. The Bertz CT molecular complexity index is 800. The first-order chi connectivity index (χ1) is 13.0. The van der Waals surface area contributed by atoms with Gasteiger partial charge < -0.3 is 15.1 Å². The molecule has 2 aromatic rings. The Morgan fingerprint density at radius 2 is 1.85 bits per heavy atom. The molecule has 1 aliphatic rings. The molecule has 2 aromatic carbocycles. The molecule has 0 aliphatic carbocycles. The van der Waals surface area contributed by atoms with E-state index in [1.165, 1.54) is 6.07 Å². The van der Waals surface area contributed by atoms with Crippen molar-refractivity contribution >= 4 is 11.6 Å². The molecule has 0 saturated carbocycles. The molecule has 1 saturated heterocycles. The van der Waals surface area contributed by atoms with Gasteiger partial charge in [0.1, 0.15) is 5.82 Å². The summed E-state index contributed by atoms with van der Waals surface area (Å²) < 4.78 is 14.0. The number of nitrogens with zero attached hydrogens (tertiary/aromatic N) is 2. The third-order valence-electron chi connectivity index (χ3n) is 5.35. The number of hydrogen-bond acceptors (Lipinski definition) is 3. The number of benzene rings is 2. The number of hydrogen-bond donors (Lipinski definition) is 1. The second-order valence-electron chi connectivity index (χ2n) is 7.13. The fourth-order valence-electron chi connectivity index (χ4n) is 3.64.